The molecule has 0 aliphatic carbocycles. The molecule has 3 heteroatoms. The van der Waals surface area contributed by atoms with Crippen LogP contribution in [0.2, 0.25) is 0 Å². The van der Waals surface area contributed by atoms with Gasteiger partial charge in [-0.2, -0.15) is 0 Å². The van der Waals surface area contributed by atoms with Crippen molar-refractivity contribution < 1.29 is 4.39 Å². The molecule has 0 spiro atoms. The maximum Gasteiger partial charge on any atom is 0.0906 e. The quantitative estimate of drug-likeness (QED) is 0.487. The minimum atomic E-state index is -0.237. The molecule has 0 rings (SSSR count). The zero-order chi connectivity index (χ0) is 9.40. The van der Waals surface area contributed by atoms with Crippen molar-refractivity contribution in [2.45, 2.75) is 32.7 Å². The molecule has 12 heavy (non-hydrogen) atoms. The molecule has 0 aromatic heterocycles. The van der Waals surface area contributed by atoms with Gasteiger partial charge in [0.15, 0.2) is 0 Å². The Labute approximate surface area is 79.7 Å². The molecule has 74 valence electrons. The Morgan fingerprint density at radius 1 is 1.42 bits per heavy atom. The van der Waals surface area contributed by atoms with Crippen LogP contribution in [0.15, 0.2) is 0 Å². The standard InChI is InChI=1S/C9H19ClFN/c1-8(2)9(4-5-10)12-7-3-6-11/h8-9,12H,3-7H2,1-2H3. The van der Waals surface area contributed by atoms with E-state index in [0.29, 0.717) is 24.3 Å². The molecule has 0 saturated heterocycles. The Hall–Kier alpha value is 0.180. The number of halogens is 2. The topological polar surface area (TPSA) is 12.0 Å². The second-order valence-electron chi connectivity index (χ2n) is 3.32. The van der Waals surface area contributed by atoms with Crippen LogP contribution in [0.25, 0.3) is 0 Å². The fraction of sp³-hybridized carbons (Fsp3) is 1.00. The van der Waals surface area contributed by atoms with E-state index in [4.69, 9.17) is 11.6 Å². The third-order valence-electron chi connectivity index (χ3n) is 1.94. The number of rotatable bonds is 7. The summed E-state index contributed by atoms with van der Waals surface area (Å²) in [5, 5.41) is 3.30. The second-order valence-corrected chi connectivity index (χ2v) is 3.70. The summed E-state index contributed by atoms with van der Waals surface area (Å²) in [5.74, 6) is 1.24. The lowest BCUT2D eigenvalue weighted by Crippen LogP contribution is -2.35. The first kappa shape index (κ1) is 12.2. The van der Waals surface area contributed by atoms with Gasteiger partial charge in [0.05, 0.1) is 6.67 Å². The van der Waals surface area contributed by atoms with E-state index in [1.54, 1.807) is 0 Å². The van der Waals surface area contributed by atoms with E-state index < -0.39 is 0 Å². The molecule has 1 atom stereocenters. The summed E-state index contributed by atoms with van der Waals surface area (Å²) in [4.78, 5) is 0. The van der Waals surface area contributed by atoms with Crippen LogP contribution < -0.4 is 5.32 Å². The van der Waals surface area contributed by atoms with Gasteiger partial charge < -0.3 is 5.32 Å². The van der Waals surface area contributed by atoms with E-state index in [1.807, 2.05) is 0 Å². The third kappa shape index (κ3) is 5.78. The van der Waals surface area contributed by atoms with Gasteiger partial charge in [0, 0.05) is 11.9 Å². The van der Waals surface area contributed by atoms with Crippen molar-refractivity contribution in [3.8, 4) is 0 Å². The molecule has 0 aliphatic heterocycles. The molecule has 0 aromatic rings. The van der Waals surface area contributed by atoms with E-state index in [2.05, 4.69) is 19.2 Å². The molecule has 0 aromatic carbocycles. The first-order chi connectivity index (χ1) is 5.72. The van der Waals surface area contributed by atoms with Crippen molar-refractivity contribution in [1.82, 2.24) is 5.32 Å². The number of nitrogens with one attached hydrogen (secondary N) is 1. The molecule has 0 amide bonds. The Morgan fingerprint density at radius 3 is 2.50 bits per heavy atom. The molecule has 0 fully saturated rings. The van der Waals surface area contributed by atoms with Crippen LogP contribution in [0.3, 0.4) is 0 Å². The number of alkyl halides is 2. The smallest absolute Gasteiger partial charge is 0.0906 e. The minimum absolute atomic E-state index is 0.237. The molecule has 1 N–H and O–H groups in total. The van der Waals surface area contributed by atoms with Crippen LogP contribution in [-0.2, 0) is 0 Å². The van der Waals surface area contributed by atoms with E-state index in [1.165, 1.54) is 0 Å². The molecule has 0 heterocycles. The van der Waals surface area contributed by atoms with Crippen molar-refractivity contribution in [2.75, 3.05) is 19.1 Å². The van der Waals surface area contributed by atoms with Crippen LogP contribution in [0.1, 0.15) is 26.7 Å². The lowest BCUT2D eigenvalue weighted by atomic mass is 10.0. The highest BCUT2D eigenvalue weighted by Crippen LogP contribution is 2.06. The van der Waals surface area contributed by atoms with Crippen molar-refractivity contribution in [3.05, 3.63) is 0 Å². The molecule has 0 saturated carbocycles. The summed E-state index contributed by atoms with van der Waals surface area (Å²) in [6.45, 7) is 4.83. The fourth-order valence-corrected chi connectivity index (χ4v) is 1.38. The SMILES string of the molecule is CC(C)C(CCCl)NCCCF. The first-order valence-electron chi connectivity index (χ1n) is 4.57. The predicted molar refractivity (Wildman–Crippen MR) is 52.6 cm³/mol. The monoisotopic (exact) mass is 195 g/mol. The number of hydrogen-bond acceptors (Lipinski definition) is 1. The molecule has 1 unspecified atom stereocenters. The summed E-state index contributed by atoms with van der Waals surface area (Å²) in [6, 6.07) is 0.439. The van der Waals surface area contributed by atoms with Crippen molar-refractivity contribution in [3.63, 3.8) is 0 Å². The van der Waals surface area contributed by atoms with Crippen LogP contribution in [-0.4, -0.2) is 25.1 Å². The lowest BCUT2D eigenvalue weighted by molar-refractivity contribution is 0.372. The molecule has 0 radical (unpaired) electrons. The van der Waals surface area contributed by atoms with E-state index >= 15 is 0 Å². The van der Waals surface area contributed by atoms with Gasteiger partial charge in [-0.25, -0.2) is 0 Å². The number of hydrogen-bond donors (Lipinski definition) is 1. The highest BCUT2D eigenvalue weighted by molar-refractivity contribution is 6.17. The fourth-order valence-electron chi connectivity index (χ4n) is 1.14. The predicted octanol–water partition coefficient (Wildman–Crippen LogP) is 2.59. The van der Waals surface area contributed by atoms with E-state index in [0.717, 1.165) is 13.0 Å². The van der Waals surface area contributed by atoms with Crippen molar-refractivity contribution in [1.29, 1.82) is 0 Å². The largest absolute Gasteiger partial charge is 0.314 e. The lowest BCUT2D eigenvalue weighted by Gasteiger charge is -2.21. The normalized spacial score (nSPS) is 13.8. The summed E-state index contributed by atoms with van der Waals surface area (Å²) in [7, 11) is 0. The van der Waals surface area contributed by atoms with Crippen LogP contribution in [0.5, 0.6) is 0 Å². The van der Waals surface area contributed by atoms with Crippen molar-refractivity contribution >= 4 is 11.6 Å². The summed E-state index contributed by atoms with van der Waals surface area (Å²) >= 11 is 5.64. The van der Waals surface area contributed by atoms with Crippen molar-refractivity contribution in [2.24, 2.45) is 5.92 Å². The highest BCUT2D eigenvalue weighted by atomic mass is 35.5. The van der Waals surface area contributed by atoms with E-state index in [9.17, 15) is 4.39 Å². The van der Waals surface area contributed by atoms with Gasteiger partial charge in [-0.15, -0.1) is 11.6 Å². The van der Waals surface area contributed by atoms with Gasteiger partial charge in [-0.05, 0) is 25.3 Å². The Balaban J connectivity index is 3.49. The summed E-state index contributed by atoms with van der Waals surface area (Å²) in [6.07, 6.45) is 1.57. The maximum atomic E-state index is 11.8. The molecular weight excluding hydrogens is 177 g/mol. The Kier molecular flexibility index (Phi) is 7.93. The Bertz CT molecular complexity index is 98.5. The zero-order valence-corrected chi connectivity index (χ0v) is 8.70. The van der Waals surface area contributed by atoms with Crippen LogP contribution in [0, 0.1) is 5.92 Å². The average molecular weight is 196 g/mol. The van der Waals surface area contributed by atoms with Crippen LogP contribution in [0.4, 0.5) is 4.39 Å². The van der Waals surface area contributed by atoms with Crippen LogP contribution >= 0.6 is 11.6 Å². The first-order valence-corrected chi connectivity index (χ1v) is 5.11. The highest BCUT2D eigenvalue weighted by Gasteiger charge is 2.10. The van der Waals surface area contributed by atoms with Gasteiger partial charge in [0.1, 0.15) is 0 Å². The minimum Gasteiger partial charge on any atom is -0.314 e. The van der Waals surface area contributed by atoms with E-state index in [-0.39, 0.29) is 6.67 Å². The molecule has 0 bridgehead atoms. The summed E-state index contributed by atoms with van der Waals surface area (Å²) < 4.78 is 11.8. The second kappa shape index (κ2) is 7.81. The van der Waals surface area contributed by atoms with Gasteiger partial charge in [-0.3, -0.25) is 4.39 Å². The van der Waals surface area contributed by atoms with Gasteiger partial charge >= 0.3 is 0 Å². The van der Waals surface area contributed by atoms with Gasteiger partial charge in [0.2, 0.25) is 0 Å². The molecular formula is C9H19ClFN. The maximum absolute atomic E-state index is 11.8. The van der Waals surface area contributed by atoms with Gasteiger partial charge in [0.25, 0.3) is 0 Å². The third-order valence-corrected chi connectivity index (χ3v) is 2.16. The average Bonchev–Trinajstić information content (AvgIpc) is 2.03. The summed E-state index contributed by atoms with van der Waals surface area (Å²) in [5.41, 5.74) is 0. The van der Waals surface area contributed by atoms with Gasteiger partial charge in [-0.1, -0.05) is 13.8 Å². The molecule has 1 nitrogen and oxygen atoms in total. The molecule has 0 aliphatic rings. The Morgan fingerprint density at radius 2 is 2.08 bits per heavy atom. The zero-order valence-electron chi connectivity index (χ0n) is 7.95.